The van der Waals surface area contributed by atoms with Gasteiger partial charge in [-0.3, -0.25) is 5.32 Å². The first-order valence-corrected chi connectivity index (χ1v) is 8.15. The van der Waals surface area contributed by atoms with E-state index in [1.54, 1.807) is 0 Å². The smallest absolute Gasteiger partial charge is 0.421 e. The summed E-state index contributed by atoms with van der Waals surface area (Å²) in [5.74, 6) is -0.399. The number of H-pyrrole nitrogens is 1. The minimum absolute atomic E-state index is 0.00414. The molecule has 2 rings (SSSR count). The highest BCUT2D eigenvalue weighted by Gasteiger charge is 2.56. The molecule has 1 aromatic carbocycles. The first kappa shape index (κ1) is 20.4. The van der Waals surface area contributed by atoms with Gasteiger partial charge in [0.15, 0.2) is 5.60 Å². The van der Waals surface area contributed by atoms with Gasteiger partial charge < -0.3 is 14.8 Å². The van der Waals surface area contributed by atoms with Crippen molar-refractivity contribution in [3.8, 4) is 0 Å². The fourth-order valence-electron chi connectivity index (χ4n) is 2.59. The van der Waals surface area contributed by atoms with Crippen molar-refractivity contribution in [2.45, 2.75) is 25.1 Å². The molecule has 0 radical (unpaired) electrons. The Balaban J connectivity index is 2.82. The molecular formula is C16H15Cl2F3N2O3. The molecule has 2 aromatic rings. The van der Waals surface area contributed by atoms with Gasteiger partial charge in [0.25, 0.3) is 0 Å². The molecule has 5 nitrogen and oxygen atoms in total. The van der Waals surface area contributed by atoms with E-state index in [0.29, 0.717) is 0 Å². The van der Waals surface area contributed by atoms with Gasteiger partial charge in [-0.1, -0.05) is 29.3 Å². The Kier molecular flexibility index (Phi) is 5.79. The van der Waals surface area contributed by atoms with Crippen molar-refractivity contribution in [1.29, 1.82) is 0 Å². The maximum Gasteiger partial charge on any atom is 0.421 e. The minimum Gasteiger partial charge on any atom is -0.450 e. The van der Waals surface area contributed by atoms with E-state index in [0.717, 1.165) is 6.08 Å². The lowest BCUT2D eigenvalue weighted by molar-refractivity contribution is -0.264. The highest BCUT2D eigenvalue weighted by molar-refractivity contribution is 6.39. The van der Waals surface area contributed by atoms with Crippen molar-refractivity contribution in [1.82, 2.24) is 4.98 Å². The number of hydrogen-bond donors (Lipinski definition) is 3. The van der Waals surface area contributed by atoms with Gasteiger partial charge in [-0.2, -0.15) is 13.2 Å². The molecule has 1 amide bonds. The number of amides is 1. The number of ether oxygens (including phenoxy) is 1. The quantitative estimate of drug-likeness (QED) is 0.580. The van der Waals surface area contributed by atoms with Crippen molar-refractivity contribution >= 4 is 46.0 Å². The Morgan fingerprint density at radius 1 is 1.42 bits per heavy atom. The Bertz CT molecular complexity index is 851. The topological polar surface area (TPSA) is 74.3 Å². The minimum atomic E-state index is -5.08. The van der Waals surface area contributed by atoms with E-state index in [2.05, 4.69) is 16.9 Å². The fourth-order valence-corrected chi connectivity index (χ4v) is 3.18. The summed E-state index contributed by atoms with van der Waals surface area (Å²) in [7, 11) is 0. The van der Waals surface area contributed by atoms with Crippen molar-refractivity contribution in [3.05, 3.63) is 40.4 Å². The molecular weight excluding hydrogens is 396 g/mol. The lowest BCUT2D eigenvalue weighted by atomic mass is 9.88. The molecule has 1 aromatic heterocycles. The average molecular weight is 411 g/mol. The zero-order chi connectivity index (χ0) is 19.7. The Labute approximate surface area is 156 Å². The number of aromatic amines is 1. The summed E-state index contributed by atoms with van der Waals surface area (Å²) in [5.41, 5.74) is -3.88. The second kappa shape index (κ2) is 7.38. The molecule has 0 bridgehead atoms. The van der Waals surface area contributed by atoms with Gasteiger partial charge in [-0.05, 0) is 19.1 Å². The van der Waals surface area contributed by atoms with Crippen LogP contribution in [0.4, 0.5) is 23.8 Å². The Morgan fingerprint density at radius 2 is 2.08 bits per heavy atom. The van der Waals surface area contributed by atoms with E-state index in [-0.39, 0.29) is 27.6 Å². The predicted octanol–water partition coefficient (Wildman–Crippen LogP) is 5.37. The summed E-state index contributed by atoms with van der Waals surface area (Å²) in [6.45, 7) is 4.81. The van der Waals surface area contributed by atoms with Gasteiger partial charge in [-0.15, -0.1) is 6.58 Å². The average Bonchev–Trinajstić information content (AvgIpc) is 2.84. The lowest BCUT2D eigenvalue weighted by Gasteiger charge is -2.30. The molecule has 0 spiro atoms. The largest absolute Gasteiger partial charge is 0.450 e. The second-order valence-electron chi connectivity index (χ2n) is 5.38. The third-order valence-corrected chi connectivity index (χ3v) is 4.16. The third-order valence-electron chi connectivity index (χ3n) is 3.64. The molecule has 0 aliphatic rings. The van der Waals surface area contributed by atoms with Gasteiger partial charge in [0, 0.05) is 22.4 Å². The molecule has 142 valence electrons. The van der Waals surface area contributed by atoms with Crippen LogP contribution in [0, 0.1) is 0 Å². The molecule has 3 N–H and O–H groups in total. The number of anilines is 1. The summed E-state index contributed by atoms with van der Waals surface area (Å²) in [6.07, 6.45) is -6.01. The number of alkyl halides is 3. The highest BCUT2D eigenvalue weighted by atomic mass is 35.5. The van der Waals surface area contributed by atoms with Crippen molar-refractivity contribution < 1.29 is 27.8 Å². The number of carbonyl (C=O) groups is 1. The number of benzene rings is 1. The van der Waals surface area contributed by atoms with Crippen LogP contribution in [0.15, 0.2) is 24.8 Å². The number of hydrogen-bond acceptors (Lipinski definition) is 3. The van der Waals surface area contributed by atoms with Crippen molar-refractivity contribution in [2.24, 2.45) is 0 Å². The molecule has 1 atom stereocenters. The van der Waals surface area contributed by atoms with Gasteiger partial charge in [-0.25, -0.2) is 4.79 Å². The number of nitrogens with one attached hydrogen (secondary N) is 2. The number of aliphatic hydroxyl groups is 1. The molecule has 0 saturated carbocycles. The van der Waals surface area contributed by atoms with Crippen molar-refractivity contribution in [2.75, 3.05) is 11.9 Å². The van der Waals surface area contributed by atoms with Crippen LogP contribution in [0.3, 0.4) is 0 Å². The number of aromatic nitrogens is 1. The van der Waals surface area contributed by atoms with E-state index >= 15 is 0 Å². The highest BCUT2D eigenvalue weighted by Crippen LogP contribution is 2.49. The molecule has 1 heterocycles. The van der Waals surface area contributed by atoms with E-state index in [1.807, 2.05) is 0 Å². The lowest BCUT2D eigenvalue weighted by Crippen LogP contribution is -2.42. The summed E-state index contributed by atoms with van der Waals surface area (Å²) < 4.78 is 45.9. The third kappa shape index (κ3) is 3.62. The molecule has 0 fully saturated rings. The zero-order valence-corrected chi connectivity index (χ0v) is 15.0. The van der Waals surface area contributed by atoms with Crippen LogP contribution in [0.25, 0.3) is 10.9 Å². The van der Waals surface area contributed by atoms with E-state index in [9.17, 15) is 23.1 Å². The first-order chi connectivity index (χ1) is 12.0. The molecule has 1 unspecified atom stereocenters. The second-order valence-corrected chi connectivity index (χ2v) is 6.23. The van der Waals surface area contributed by atoms with Gasteiger partial charge >= 0.3 is 12.3 Å². The molecule has 26 heavy (non-hydrogen) atoms. The van der Waals surface area contributed by atoms with Crippen LogP contribution < -0.4 is 5.32 Å². The Morgan fingerprint density at radius 3 is 2.62 bits per heavy atom. The van der Waals surface area contributed by atoms with Gasteiger partial charge in [0.1, 0.15) is 5.82 Å². The summed E-state index contributed by atoms with van der Waals surface area (Å²) >= 11 is 12.0. The van der Waals surface area contributed by atoms with Gasteiger partial charge in [0.2, 0.25) is 0 Å². The maximum absolute atomic E-state index is 13.7. The zero-order valence-electron chi connectivity index (χ0n) is 13.5. The number of carbonyl (C=O) groups excluding carboxylic acids is 1. The number of rotatable bonds is 5. The normalized spacial score (nSPS) is 14.1. The molecule has 0 aliphatic carbocycles. The summed E-state index contributed by atoms with van der Waals surface area (Å²) in [5, 5.41) is 12.6. The monoisotopic (exact) mass is 410 g/mol. The summed E-state index contributed by atoms with van der Waals surface area (Å²) in [6, 6.07) is 2.56. The SMILES string of the molecule is C=CCC(O)(c1c(NC(=O)OCC)[nH]c2cc(Cl)cc(Cl)c12)C(F)(F)F. The van der Waals surface area contributed by atoms with Crippen LogP contribution >= 0.6 is 23.2 Å². The Hall–Kier alpha value is -1.90. The summed E-state index contributed by atoms with van der Waals surface area (Å²) in [4.78, 5) is 14.3. The predicted molar refractivity (Wildman–Crippen MR) is 93.7 cm³/mol. The first-order valence-electron chi connectivity index (χ1n) is 7.40. The standard InChI is InChI=1S/C16H15Cl2F3N2O3/c1-3-5-15(25,16(19,20)21)12-11-9(18)6-8(17)7-10(11)22-13(12)23-14(24)26-4-2/h3,6-7,22,25H,1,4-5H2,2H3,(H,23,24). The van der Waals surface area contributed by atoms with Crippen LogP contribution in [0.5, 0.6) is 0 Å². The van der Waals surface area contributed by atoms with E-state index < -0.39 is 35.7 Å². The van der Waals surface area contributed by atoms with E-state index in [1.165, 1.54) is 19.1 Å². The molecule has 10 heteroatoms. The van der Waals surface area contributed by atoms with Gasteiger partial charge in [0.05, 0.1) is 17.1 Å². The van der Waals surface area contributed by atoms with Crippen LogP contribution in [0.1, 0.15) is 18.9 Å². The van der Waals surface area contributed by atoms with Crippen LogP contribution in [0.2, 0.25) is 10.0 Å². The van der Waals surface area contributed by atoms with E-state index in [4.69, 9.17) is 27.9 Å². The molecule has 0 saturated heterocycles. The number of fused-ring (bicyclic) bond motifs is 1. The van der Waals surface area contributed by atoms with Crippen LogP contribution in [-0.4, -0.2) is 29.0 Å². The van der Waals surface area contributed by atoms with Crippen LogP contribution in [-0.2, 0) is 10.3 Å². The maximum atomic E-state index is 13.7. The van der Waals surface area contributed by atoms with Crippen molar-refractivity contribution in [3.63, 3.8) is 0 Å². The molecule has 0 aliphatic heterocycles. The fraction of sp³-hybridized carbons (Fsp3) is 0.312. The number of halogens is 5.